The fourth-order valence-corrected chi connectivity index (χ4v) is 4.37. The molecule has 0 spiro atoms. The van der Waals surface area contributed by atoms with Crippen LogP contribution in [0.1, 0.15) is 39.3 Å². The first-order valence-electron chi connectivity index (χ1n) is 10.6. The number of halogens is 1. The molecular formula is C24H19ClN4O5. The van der Waals surface area contributed by atoms with Gasteiger partial charge in [0, 0.05) is 24.1 Å². The summed E-state index contributed by atoms with van der Waals surface area (Å²) in [7, 11) is 1.77. The van der Waals surface area contributed by atoms with Crippen LogP contribution in [0, 0.1) is 0 Å². The van der Waals surface area contributed by atoms with Gasteiger partial charge in [-0.1, -0.05) is 17.7 Å². The lowest BCUT2D eigenvalue weighted by Gasteiger charge is -2.28. The number of carbonyl (C=O) groups is 4. The van der Waals surface area contributed by atoms with E-state index in [1.165, 1.54) is 0 Å². The molecule has 1 fully saturated rings. The molecule has 1 aromatic heterocycles. The monoisotopic (exact) mass is 478 g/mol. The van der Waals surface area contributed by atoms with Crippen molar-refractivity contribution in [2.24, 2.45) is 0 Å². The van der Waals surface area contributed by atoms with Crippen molar-refractivity contribution < 1.29 is 23.6 Å². The molecule has 34 heavy (non-hydrogen) atoms. The van der Waals surface area contributed by atoms with Gasteiger partial charge >= 0.3 is 0 Å². The van der Waals surface area contributed by atoms with Crippen molar-refractivity contribution in [2.45, 2.75) is 25.4 Å². The number of fused-ring (bicyclic) bond motifs is 1. The number of anilines is 1. The predicted molar refractivity (Wildman–Crippen MR) is 122 cm³/mol. The highest BCUT2D eigenvalue weighted by molar-refractivity contribution is 6.30. The number of carbonyl (C=O) groups excluding carboxylic acids is 4. The van der Waals surface area contributed by atoms with E-state index in [4.69, 9.17) is 16.0 Å². The van der Waals surface area contributed by atoms with Gasteiger partial charge in [-0.3, -0.25) is 29.4 Å². The van der Waals surface area contributed by atoms with Crippen LogP contribution >= 0.6 is 11.6 Å². The Morgan fingerprint density at radius 2 is 1.88 bits per heavy atom. The van der Waals surface area contributed by atoms with E-state index in [2.05, 4.69) is 10.3 Å². The van der Waals surface area contributed by atoms with Gasteiger partial charge in [-0.2, -0.15) is 0 Å². The molecule has 5 rings (SSSR count). The summed E-state index contributed by atoms with van der Waals surface area (Å²) in [6, 6.07) is 11.1. The van der Waals surface area contributed by atoms with E-state index in [1.54, 1.807) is 60.6 Å². The molecule has 0 saturated carbocycles. The molecule has 10 heteroatoms. The Morgan fingerprint density at radius 3 is 2.62 bits per heavy atom. The molecule has 4 amide bonds. The van der Waals surface area contributed by atoms with Gasteiger partial charge in [-0.15, -0.1) is 0 Å². The van der Waals surface area contributed by atoms with Crippen molar-refractivity contribution in [1.82, 2.24) is 15.2 Å². The molecule has 0 bridgehead atoms. The van der Waals surface area contributed by atoms with Gasteiger partial charge < -0.3 is 9.32 Å². The molecule has 2 aliphatic rings. The zero-order valence-corrected chi connectivity index (χ0v) is 18.8. The first-order chi connectivity index (χ1) is 16.3. The topological polar surface area (TPSA) is 113 Å². The van der Waals surface area contributed by atoms with E-state index in [0.717, 1.165) is 10.5 Å². The molecule has 1 atom stereocenters. The van der Waals surface area contributed by atoms with E-state index in [9.17, 15) is 19.2 Å². The molecule has 1 saturated heterocycles. The smallest absolute Gasteiger partial charge is 0.264 e. The van der Waals surface area contributed by atoms with Crippen molar-refractivity contribution in [3.05, 3.63) is 70.6 Å². The summed E-state index contributed by atoms with van der Waals surface area (Å²) in [5, 5.41) is 2.81. The van der Waals surface area contributed by atoms with Gasteiger partial charge in [0.15, 0.2) is 0 Å². The molecule has 2 aromatic carbocycles. The summed E-state index contributed by atoms with van der Waals surface area (Å²) >= 11 is 5.93. The largest absolute Gasteiger partial charge is 0.439 e. The lowest BCUT2D eigenvalue weighted by molar-refractivity contribution is -0.136. The molecule has 0 aliphatic carbocycles. The second-order valence-electron chi connectivity index (χ2n) is 8.14. The average molecular weight is 479 g/mol. The minimum Gasteiger partial charge on any atom is -0.439 e. The number of amides is 4. The predicted octanol–water partition coefficient (Wildman–Crippen LogP) is 3.03. The number of rotatable bonds is 5. The molecule has 3 heterocycles. The Morgan fingerprint density at radius 1 is 1.12 bits per heavy atom. The van der Waals surface area contributed by atoms with E-state index >= 15 is 0 Å². The summed E-state index contributed by atoms with van der Waals surface area (Å²) in [6.07, 6.45) is 1.77. The first kappa shape index (κ1) is 21.8. The number of piperidine rings is 1. The number of oxazole rings is 1. The van der Waals surface area contributed by atoms with E-state index < -0.39 is 29.7 Å². The fraction of sp³-hybridized carbons (Fsp3) is 0.208. The van der Waals surface area contributed by atoms with E-state index in [0.29, 0.717) is 22.4 Å². The highest BCUT2D eigenvalue weighted by atomic mass is 35.5. The van der Waals surface area contributed by atoms with Crippen LogP contribution in [0.15, 0.2) is 53.1 Å². The molecule has 1 N–H and O–H groups in total. The van der Waals surface area contributed by atoms with Crippen molar-refractivity contribution in [3.8, 4) is 11.5 Å². The SMILES string of the molecule is CN(Cc1cnc(-c2ccc(Cl)cc2)o1)c1cccc2c1C(=O)N(C1CCC(=O)NC1=O)C2=O. The van der Waals surface area contributed by atoms with Crippen LogP contribution in [0.2, 0.25) is 5.02 Å². The zero-order chi connectivity index (χ0) is 24.0. The molecule has 2 aliphatic heterocycles. The Balaban J connectivity index is 1.39. The summed E-state index contributed by atoms with van der Waals surface area (Å²) in [6.45, 7) is 0.289. The first-order valence-corrected chi connectivity index (χ1v) is 11.0. The second kappa shape index (κ2) is 8.42. The minimum atomic E-state index is -1.01. The number of imide groups is 2. The van der Waals surface area contributed by atoms with Gasteiger partial charge in [0.25, 0.3) is 11.8 Å². The summed E-state index contributed by atoms with van der Waals surface area (Å²) < 4.78 is 5.87. The Kier molecular flexibility index (Phi) is 5.41. The van der Waals surface area contributed by atoms with Crippen molar-refractivity contribution in [2.75, 3.05) is 11.9 Å². The Labute approximate surface area is 199 Å². The van der Waals surface area contributed by atoms with Crippen LogP contribution in [-0.4, -0.2) is 46.6 Å². The second-order valence-corrected chi connectivity index (χ2v) is 8.58. The van der Waals surface area contributed by atoms with Crippen molar-refractivity contribution >= 4 is 40.9 Å². The standard InChI is InChI=1S/C24H19ClN4O5/c1-28(12-15-11-26-22(34-15)13-5-7-14(25)8-6-13)17-4-2-3-16-20(17)24(33)29(23(16)32)18-9-10-19(30)27-21(18)31/h2-8,11,18H,9-10,12H2,1H3,(H,27,30,31). The lowest BCUT2D eigenvalue weighted by atomic mass is 10.0. The number of hydrogen-bond acceptors (Lipinski definition) is 7. The number of aromatic nitrogens is 1. The molecule has 1 unspecified atom stereocenters. The number of nitrogens with zero attached hydrogens (tertiary/aromatic N) is 3. The molecule has 172 valence electrons. The quantitative estimate of drug-likeness (QED) is 0.561. The van der Waals surface area contributed by atoms with Gasteiger partial charge in [0.2, 0.25) is 17.7 Å². The van der Waals surface area contributed by atoms with Crippen molar-refractivity contribution in [3.63, 3.8) is 0 Å². The third kappa shape index (κ3) is 3.73. The zero-order valence-electron chi connectivity index (χ0n) is 18.1. The molecule has 3 aromatic rings. The van der Waals surface area contributed by atoms with Gasteiger partial charge in [-0.25, -0.2) is 4.98 Å². The van der Waals surface area contributed by atoms with Crippen LogP contribution in [0.4, 0.5) is 5.69 Å². The highest BCUT2D eigenvalue weighted by Crippen LogP contribution is 2.34. The maximum atomic E-state index is 13.3. The number of hydrogen-bond donors (Lipinski definition) is 1. The Hall–Kier alpha value is -3.98. The van der Waals surface area contributed by atoms with Crippen LogP contribution in [0.3, 0.4) is 0 Å². The summed E-state index contributed by atoms with van der Waals surface area (Å²) in [4.78, 5) is 57.2. The fourth-order valence-electron chi connectivity index (χ4n) is 4.24. The third-order valence-electron chi connectivity index (χ3n) is 5.90. The number of nitrogens with one attached hydrogen (secondary N) is 1. The van der Waals surface area contributed by atoms with Crippen LogP contribution in [0.5, 0.6) is 0 Å². The van der Waals surface area contributed by atoms with E-state index in [1.807, 2.05) is 0 Å². The molecule has 9 nitrogen and oxygen atoms in total. The third-order valence-corrected chi connectivity index (χ3v) is 6.15. The van der Waals surface area contributed by atoms with E-state index in [-0.39, 0.29) is 30.5 Å². The summed E-state index contributed by atoms with van der Waals surface area (Å²) in [5.74, 6) is -1.16. The van der Waals surface area contributed by atoms with Crippen LogP contribution in [0.25, 0.3) is 11.5 Å². The molecular weight excluding hydrogens is 460 g/mol. The van der Waals surface area contributed by atoms with Gasteiger partial charge in [-0.05, 0) is 42.8 Å². The highest BCUT2D eigenvalue weighted by Gasteiger charge is 2.45. The van der Waals surface area contributed by atoms with Crippen LogP contribution < -0.4 is 10.2 Å². The van der Waals surface area contributed by atoms with Crippen LogP contribution in [-0.2, 0) is 16.1 Å². The Bertz CT molecular complexity index is 1330. The maximum Gasteiger partial charge on any atom is 0.264 e. The minimum absolute atomic E-state index is 0.0675. The average Bonchev–Trinajstić information content (AvgIpc) is 3.37. The van der Waals surface area contributed by atoms with Gasteiger partial charge in [0.1, 0.15) is 11.8 Å². The molecule has 0 radical (unpaired) electrons. The van der Waals surface area contributed by atoms with Crippen molar-refractivity contribution in [1.29, 1.82) is 0 Å². The summed E-state index contributed by atoms with van der Waals surface area (Å²) in [5.41, 5.74) is 1.74. The lowest BCUT2D eigenvalue weighted by Crippen LogP contribution is -2.54. The normalized spacial score (nSPS) is 17.7. The number of benzene rings is 2. The maximum absolute atomic E-state index is 13.3. The van der Waals surface area contributed by atoms with Gasteiger partial charge in [0.05, 0.1) is 29.6 Å².